The lowest BCUT2D eigenvalue weighted by atomic mass is 10.1. The molecule has 1 atom stereocenters. The third-order valence-corrected chi connectivity index (χ3v) is 5.23. The van der Waals surface area contributed by atoms with Crippen LogP contribution in [0.5, 0.6) is 0 Å². The van der Waals surface area contributed by atoms with Gasteiger partial charge in [-0.1, -0.05) is 5.16 Å². The molecule has 2 aromatic rings. The minimum absolute atomic E-state index is 0.135. The Balaban J connectivity index is 1.73. The van der Waals surface area contributed by atoms with Crippen molar-refractivity contribution in [3.63, 3.8) is 0 Å². The standard InChI is InChI=1S/C16H16F2N2O2S/c1-10-13(9-19-22-10)16(21)20-5-4-15(23-7-6-20)12-8-11(17)2-3-14(12)18/h2-3,8-9,15H,4-7H2,1H3. The van der Waals surface area contributed by atoms with Crippen molar-refractivity contribution in [1.29, 1.82) is 0 Å². The summed E-state index contributed by atoms with van der Waals surface area (Å²) in [5.74, 6) is 0.165. The third kappa shape index (κ3) is 3.39. The van der Waals surface area contributed by atoms with Crippen LogP contribution >= 0.6 is 11.8 Å². The fourth-order valence-electron chi connectivity index (χ4n) is 2.66. The van der Waals surface area contributed by atoms with Gasteiger partial charge in [0.25, 0.3) is 5.91 Å². The van der Waals surface area contributed by atoms with E-state index in [2.05, 4.69) is 5.16 Å². The molecule has 1 aromatic heterocycles. The maximum absolute atomic E-state index is 13.9. The van der Waals surface area contributed by atoms with Gasteiger partial charge >= 0.3 is 0 Å². The van der Waals surface area contributed by atoms with Gasteiger partial charge in [-0.15, -0.1) is 0 Å². The number of halogens is 2. The summed E-state index contributed by atoms with van der Waals surface area (Å²) < 4.78 is 32.3. The highest BCUT2D eigenvalue weighted by molar-refractivity contribution is 7.99. The number of rotatable bonds is 2. The Kier molecular flexibility index (Phi) is 4.66. The van der Waals surface area contributed by atoms with Crippen LogP contribution in [0.2, 0.25) is 0 Å². The van der Waals surface area contributed by atoms with E-state index in [1.54, 1.807) is 23.6 Å². The molecule has 0 spiro atoms. The van der Waals surface area contributed by atoms with Gasteiger partial charge in [-0.3, -0.25) is 4.79 Å². The molecule has 0 saturated carbocycles. The second kappa shape index (κ2) is 6.70. The minimum atomic E-state index is -0.445. The van der Waals surface area contributed by atoms with Crippen LogP contribution in [-0.4, -0.2) is 34.8 Å². The van der Waals surface area contributed by atoms with Crippen LogP contribution in [0, 0.1) is 18.6 Å². The fraction of sp³-hybridized carbons (Fsp3) is 0.375. The predicted molar refractivity (Wildman–Crippen MR) is 83.3 cm³/mol. The quantitative estimate of drug-likeness (QED) is 0.840. The topological polar surface area (TPSA) is 46.3 Å². The second-order valence-corrected chi connectivity index (χ2v) is 6.71. The highest BCUT2D eigenvalue weighted by atomic mass is 32.2. The number of aromatic nitrogens is 1. The first-order chi connectivity index (χ1) is 11.1. The normalized spacial score (nSPS) is 18.7. The van der Waals surface area contributed by atoms with Crippen LogP contribution in [0.25, 0.3) is 0 Å². The van der Waals surface area contributed by atoms with Crippen molar-refractivity contribution in [3.8, 4) is 0 Å². The van der Waals surface area contributed by atoms with E-state index in [1.807, 2.05) is 0 Å². The van der Waals surface area contributed by atoms with Gasteiger partial charge in [0.1, 0.15) is 23.0 Å². The predicted octanol–water partition coefficient (Wildman–Crippen LogP) is 3.58. The summed E-state index contributed by atoms with van der Waals surface area (Å²) in [6, 6.07) is 3.51. The van der Waals surface area contributed by atoms with Gasteiger partial charge in [-0.05, 0) is 31.5 Å². The molecule has 2 heterocycles. The van der Waals surface area contributed by atoms with Crippen molar-refractivity contribution in [1.82, 2.24) is 10.1 Å². The Morgan fingerprint density at radius 1 is 1.39 bits per heavy atom. The van der Waals surface area contributed by atoms with Crippen LogP contribution < -0.4 is 0 Å². The molecule has 0 N–H and O–H groups in total. The molecule has 1 unspecified atom stereocenters. The molecule has 1 aromatic carbocycles. The summed E-state index contributed by atoms with van der Waals surface area (Å²) in [5.41, 5.74) is 0.816. The zero-order chi connectivity index (χ0) is 16.4. The molecule has 4 nitrogen and oxygen atoms in total. The number of carbonyl (C=O) groups excluding carboxylic acids is 1. The van der Waals surface area contributed by atoms with Crippen LogP contribution in [0.15, 0.2) is 28.9 Å². The van der Waals surface area contributed by atoms with Crippen molar-refractivity contribution in [2.45, 2.75) is 18.6 Å². The molecule has 1 aliphatic heterocycles. The number of thioether (sulfide) groups is 1. The largest absolute Gasteiger partial charge is 0.361 e. The van der Waals surface area contributed by atoms with Gasteiger partial charge in [-0.25, -0.2) is 8.78 Å². The van der Waals surface area contributed by atoms with E-state index in [4.69, 9.17) is 4.52 Å². The van der Waals surface area contributed by atoms with Crippen molar-refractivity contribution < 1.29 is 18.1 Å². The number of hydrogen-bond acceptors (Lipinski definition) is 4. The first-order valence-electron chi connectivity index (χ1n) is 7.33. The number of nitrogens with zero attached hydrogens (tertiary/aromatic N) is 2. The molecule has 0 aliphatic carbocycles. The van der Waals surface area contributed by atoms with E-state index < -0.39 is 11.6 Å². The van der Waals surface area contributed by atoms with Gasteiger partial charge in [0.05, 0.1) is 6.20 Å². The highest BCUT2D eigenvalue weighted by Crippen LogP contribution is 2.36. The van der Waals surface area contributed by atoms with E-state index in [1.165, 1.54) is 12.3 Å². The summed E-state index contributed by atoms with van der Waals surface area (Å²) in [4.78, 5) is 14.2. The molecular weight excluding hydrogens is 322 g/mol. The van der Waals surface area contributed by atoms with Crippen LogP contribution in [0.3, 0.4) is 0 Å². The molecule has 0 radical (unpaired) electrons. The van der Waals surface area contributed by atoms with E-state index in [9.17, 15) is 13.6 Å². The number of amides is 1. The SMILES string of the molecule is Cc1oncc1C(=O)N1CCSC(c2cc(F)ccc2F)CC1. The minimum Gasteiger partial charge on any atom is -0.361 e. The molecule has 7 heteroatoms. The van der Waals surface area contributed by atoms with E-state index >= 15 is 0 Å². The summed E-state index contributed by atoms with van der Waals surface area (Å²) in [5, 5.41) is 3.47. The smallest absolute Gasteiger partial charge is 0.259 e. The lowest BCUT2D eigenvalue weighted by Crippen LogP contribution is -2.33. The van der Waals surface area contributed by atoms with Gasteiger partial charge < -0.3 is 9.42 Å². The first-order valence-corrected chi connectivity index (χ1v) is 8.38. The zero-order valence-electron chi connectivity index (χ0n) is 12.6. The van der Waals surface area contributed by atoms with Crippen molar-refractivity contribution in [3.05, 3.63) is 52.9 Å². The Hall–Kier alpha value is -1.89. The average Bonchev–Trinajstić information content (AvgIpc) is 2.82. The van der Waals surface area contributed by atoms with E-state index in [0.717, 1.165) is 12.1 Å². The fourth-order valence-corrected chi connectivity index (χ4v) is 3.90. The van der Waals surface area contributed by atoms with Crippen molar-refractivity contribution >= 4 is 17.7 Å². The highest BCUT2D eigenvalue weighted by Gasteiger charge is 2.26. The lowest BCUT2D eigenvalue weighted by Gasteiger charge is -2.19. The Morgan fingerprint density at radius 3 is 2.96 bits per heavy atom. The summed E-state index contributed by atoms with van der Waals surface area (Å²) in [6.07, 6.45) is 1.99. The number of hydrogen-bond donors (Lipinski definition) is 0. The molecule has 122 valence electrons. The summed E-state index contributed by atoms with van der Waals surface area (Å²) in [7, 11) is 0. The molecule has 1 saturated heterocycles. The molecule has 23 heavy (non-hydrogen) atoms. The zero-order valence-corrected chi connectivity index (χ0v) is 13.4. The van der Waals surface area contributed by atoms with Crippen LogP contribution in [0.1, 0.15) is 33.4 Å². The van der Waals surface area contributed by atoms with E-state index in [-0.39, 0.29) is 11.2 Å². The molecule has 3 rings (SSSR count). The Labute approximate surface area is 136 Å². The van der Waals surface area contributed by atoms with E-state index in [0.29, 0.717) is 42.2 Å². The maximum atomic E-state index is 13.9. The molecule has 1 aliphatic rings. The molecular formula is C16H16F2N2O2S. The second-order valence-electron chi connectivity index (χ2n) is 5.40. The van der Waals surface area contributed by atoms with Crippen LogP contribution in [0.4, 0.5) is 8.78 Å². The average molecular weight is 338 g/mol. The number of carbonyl (C=O) groups is 1. The molecule has 0 bridgehead atoms. The van der Waals surface area contributed by atoms with Crippen LogP contribution in [-0.2, 0) is 0 Å². The first kappa shape index (κ1) is 16.0. The van der Waals surface area contributed by atoms with Crippen molar-refractivity contribution in [2.75, 3.05) is 18.8 Å². The molecule has 1 fully saturated rings. The van der Waals surface area contributed by atoms with Gasteiger partial charge in [0, 0.05) is 29.7 Å². The Bertz CT molecular complexity index is 720. The Morgan fingerprint density at radius 2 is 2.22 bits per heavy atom. The number of aryl methyl sites for hydroxylation is 1. The lowest BCUT2D eigenvalue weighted by molar-refractivity contribution is 0.0765. The van der Waals surface area contributed by atoms with Gasteiger partial charge in [0.15, 0.2) is 0 Å². The summed E-state index contributed by atoms with van der Waals surface area (Å²) in [6.45, 7) is 2.73. The van der Waals surface area contributed by atoms with Gasteiger partial charge in [-0.2, -0.15) is 11.8 Å². The third-order valence-electron chi connectivity index (χ3n) is 3.91. The monoisotopic (exact) mass is 338 g/mol. The summed E-state index contributed by atoms with van der Waals surface area (Å²) >= 11 is 1.54. The maximum Gasteiger partial charge on any atom is 0.259 e. The molecule has 1 amide bonds. The van der Waals surface area contributed by atoms with Gasteiger partial charge in [0.2, 0.25) is 0 Å². The van der Waals surface area contributed by atoms with Crippen molar-refractivity contribution in [2.24, 2.45) is 0 Å². The number of benzene rings is 1.